The van der Waals surface area contributed by atoms with Crippen LogP contribution in [0.25, 0.3) is 0 Å². The van der Waals surface area contributed by atoms with Crippen molar-refractivity contribution < 1.29 is 9.47 Å². The number of ether oxygens (including phenoxy) is 2. The van der Waals surface area contributed by atoms with Gasteiger partial charge in [-0.05, 0) is 50.7 Å². The molecule has 1 fully saturated rings. The lowest BCUT2D eigenvalue weighted by atomic mass is 9.84. The molecule has 3 heteroatoms. The molecule has 1 saturated carbocycles. The lowest BCUT2D eigenvalue weighted by Crippen LogP contribution is -2.30. The largest absolute Gasteiger partial charge is 0.496 e. The van der Waals surface area contributed by atoms with Gasteiger partial charge in [0.2, 0.25) is 0 Å². The van der Waals surface area contributed by atoms with Crippen molar-refractivity contribution in [3.05, 3.63) is 23.8 Å². The molecule has 0 aromatic heterocycles. The third-order valence-electron chi connectivity index (χ3n) is 4.34. The van der Waals surface area contributed by atoms with Crippen molar-refractivity contribution in [3.63, 3.8) is 0 Å². The first-order valence-electron chi connectivity index (χ1n) is 7.76. The monoisotopic (exact) mass is 277 g/mol. The van der Waals surface area contributed by atoms with Gasteiger partial charge in [-0.1, -0.05) is 19.4 Å². The number of benzene rings is 1. The second-order valence-electron chi connectivity index (χ2n) is 5.77. The SMILES string of the molecule is CCC1CCCCC1Oc1cccc(OC)c1[C@H](C)N. The minimum absolute atomic E-state index is 0.0928. The molecule has 1 aliphatic carbocycles. The second kappa shape index (κ2) is 6.98. The van der Waals surface area contributed by atoms with Crippen LogP contribution in [0.2, 0.25) is 0 Å². The summed E-state index contributed by atoms with van der Waals surface area (Å²) in [5.41, 5.74) is 7.09. The molecule has 2 unspecified atom stereocenters. The molecule has 0 spiro atoms. The highest BCUT2D eigenvalue weighted by Gasteiger charge is 2.26. The van der Waals surface area contributed by atoms with Crippen molar-refractivity contribution in [2.45, 2.75) is 58.1 Å². The fraction of sp³-hybridized carbons (Fsp3) is 0.647. The molecule has 0 bridgehead atoms. The van der Waals surface area contributed by atoms with E-state index in [1.807, 2.05) is 25.1 Å². The number of hydrogen-bond donors (Lipinski definition) is 1. The summed E-state index contributed by atoms with van der Waals surface area (Å²) in [6.07, 6.45) is 6.52. The molecule has 2 N–H and O–H groups in total. The summed E-state index contributed by atoms with van der Waals surface area (Å²) in [6, 6.07) is 5.85. The van der Waals surface area contributed by atoms with Crippen LogP contribution in [0.4, 0.5) is 0 Å². The van der Waals surface area contributed by atoms with E-state index in [1.165, 1.54) is 25.7 Å². The van der Waals surface area contributed by atoms with Crippen LogP contribution in [-0.4, -0.2) is 13.2 Å². The van der Waals surface area contributed by atoms with Gasteiger partial charge in [-0.2, -0.15) is 0 Å². The van der Waals surface area contributed by atoms with Gasteiger partial charge >= 0.3 is 0 Å². The standard InChI is InChI=1S/C17H27NO2/c1-4-13-8-5-6-9-14(13)20-16-11-7-10-15(19-3)17(16)12(2)18/h7,10-14H,4-6,8-9,18H2,1-3H3/t12-,13?,14?/m0/s1. The van der Waals surface area contributed by atoms with Gasteiger partial charge in [0.15, 0.2) is 0 Å². The third-order valence-corrected chi connectivity index (χ3v) is 4.34. The minimum atomic E-state index is -0.0928. The van der Waals surface area contributed by atoms with Crippen LogP contribution >= 0.6 is 0 Å². The molecule has 1 aromatic rings. The topological polar surface area (TPSA) is 44.5 Å². The van der Waals surface area contributed by atoms with Gasteiger partial charge in [-0.25, -0.2) is 0 Å². The van der Waals surface area contributed by atoms with Gasteiger partial charge in [-0.15, -0.1) is 0 Å². The number of methoxy groups -OCH3 is 1. The highest BCUT2D eigenvalue weighted by atomic mass is 16.5. The molecular weight excluding hydrogens is 250 g/mol. The Morgan fingerprint density at radius 2 is 1.95 bits per heavy atom. The van der Waals surface area contributed by atoms with Gasteiger partial charge < -0.3 is 15.2 Å². The number of rotatable bonds is 5. The molecule has 1 aromatic carbocycles. The van der Waals surface area contributed by atoms with Gasteiger partial charge in [0, 0.05) is 6.04 Å². The van der Waals surface area contributed by atoms with Crippen molar-refractivity contribution in [1.29, 1.82) is 0 Å². The zero-order valence-electron chi connectivity index (χ0n) is 12.9. The van der Waals surface area contributed by atoms with Crippen LogP contribution in [0.1, 0.15) is 57.6 Å². The highest BCUT2D eigenvalue weighted by molar-refractivity contribution is 5.46. The van der Waals surface area contributed by atoms with Gasteiger partial charge in [0.25, 0.3) is 0 Å². The molecule has 0 amide bonds. The van der Waals surface area contributed by atoms with E-state index in [-0.39, 0.29) is 6.04 Å². The zero-order chi connectivity index (χ0) is 14.5. The fourth-order valence-electron chi connectivity index (χ4n) is 3.21. The van der Waals surface area contributed by atoms with Crippen molar-refractivity contribution in [2.24, 2.45) is 11.7 Å². The smallest absolute Gasteiger partial charge is 0.128 e. The Labute approximate surface area is 122 Å². The van der Waals surface area contributed by atoms with Crippen LogP contribution < -0.4 is 15.2 Å². The fourth-order valence-corrected chi connectivity index (χ4v) is 3.21. The van der Waals surface area contributed by atoms with E-state index < -0.39 is 0 Å². The molecule has 0 radical (unpaired) electrons. The summed E-state index contributed by atoms with van der Waals surface area (Å²) in [5.74, 6) is 2.38. The van der Waals surface area contributed by atoms with E-state index in [2.05, 4.69) is 6.92 Å². The first-order valence-corrected chi connectivity index (χ1v) is 7.76. The van der Waals surface area contributed by atoms with E-state index in [4.69, 9.17) is 15.2 Å². The summed E-state index contributed by atoms with van der Waals surface area (Å²) in [7, 11) is 1.68. The average molecular weight is 277 g/mol. The first kappa shape index (κ1) is 15.2. The van der Waals surface area contributed by atoms with Gasteiger partial charge in [-0.3, -0.25) is 0 Å². The molecule has 0 aliphatic heterocycles. The summed E-state index contributed by atoms with van der Waals surface area (Å²) >= 11 is 0. The maximum absolute atomic E-state index is 6.33. The normalized spacial score (nSPS) is 24.2. The zero-order valence-corrected chi connectivity index (χ0v) is 12.9. The van der Waals surface area contributed by atoms with E-state index in [0.29, 0.717) is 12.0 Å². The summed E-state index contributed by atoms with van der Waals surface area (Å²) in [6.45, 7) is 4.23. The first-order chi connectivity index (χ1) is 9.67. The van der Waals surface area contributed by atoms with Crippen molar-refractivity contribution >= 4 is 0 Å². The van der Waals surface area contributed by atoms with Crippen LogP contribution in [0, 0.1) is 5.92 Å². The van der Waals surface area contributed by atoms with Crippen molar-refractivity contribution in [2.75, 3.05) is 7.11 Å². The second-order valence-corrected chi connectivity index (χ2v) is 5.77. The van der Waals surface area contributed by atoms with Crippen LogP contribution in [0.3, 0.4) is 0 Å². The lowest BCUT2D eigenvalue weighted by molar-refractivity contribution is 0.0888. The molecule has 3 nitrogen and oxygen atoms in total. The molecule has 20 heavy (non-hydrogen) atoms. The summed E-state index contributed by atoms with van der Waals surface area (Å²) in [4.78, 5) is 0. The van der Waals surface area contributed by atoms with E-state index in [1.54, 1.807) is 7.11 Å². The van der Waals surface area contributed by atoms with Crippen LogP contribution in [0.5, 0.6) is 11.5 Å². The van der Waals surface area contributed by atoms with Crippen LogP contribution in [-0.2, 0) is 0 Å². The average Bonchev–Trinajstić information content (AvgIpc) is 2.47. The summed E-state index contributed by atoms with van der Waals surface area (Å²) < 4.78 is 11.8. The lowest BCUT2D eigenvalue weighted by Gasteiger charge is -2.32. The van der Waals surface area contributed by atoms with E-state index in [9.17, 15) is 0 Å². The molecule has 0 saturated heterocycles. The van der Waals surface area contributed by atoms with E-state index in [0.717, 1.165) is 23.5 Å². The Bertz CT molecular complexity index is 431. The molecule has 112 valence electrons. The Morgan fingerprint density at radius 1 is 1.25 bits per heavy atom. The molecule has 2 rings (SSSR count). The molecular formula is C17H27NO2. The molecule has 0 heterocycles. The van der Waals surface area contributed by atoms with Gasteiger partial charge in [0.05, 0.1) is 12.7 Å². The number of hydrogen-bond acceptors (Lipinski definition) is 3. The maximum atomic E-state index is 6.33. The minimum Gasteiger partial charge on any atom is -0.496 e. The number of nitrogens with two attached hydrogens (primary N) is 1. The molecule has 3 atom stereocenters. The quantitative estimate of drug-likeness (QED) is 0.882. The summed E-state index contributed by atoms with van der Waals surface area (Å²) in [5, 5.41) is 0. The highest BCUT2D eigenvalue weighted by Crippen LogP contribution is 2.36. The Balaban J connectivity index is 2.23. The maximum Gasteiger partial charge on any atom is 0.128 e. The molecule has 1 aliphatic rings. The predicted octanol–water partition coefficient (Wildman–Crippen LogP) is 4.06. The Kier molecular flexibility index (Phi) is 5.30. The van der Waals surface area contributed by atoms with E-state index >= 15 is 0 Å². The van der Waals surface area contributed by atoms with Crippen LogP contribution in [0.15, 0.2) is 18.2 Å². The van der Waals surface area contributed by atoms with Gasteiger partial charge in [0.1, 0.15) is 17.6 Å². The third kappa shape index (κ3) is 3.26. The predicted molar refractivity (Wildman–Crippen MR) is 82.3 cm³/mol. The Morgan fingerprint density at radius 3 is 2.60 bits per heavy atom. The Hall–Kier alpha value is -1.22. The van der Waals surface area contributed by atoms with Crippen molar-refractivity contribution in [3.8, 4) is 11.5 Å². The van der Waals surface area contributed by atoms with Crippen molar-refractivity contribution in [1.82, 2.24) is 0 Å².